The summed E-state index contributed by atoms with van der Waals surface area (Å²) in [6, 6.07) is 0. The number of fused-ring (bicyclic) bond motifs is 2. The Kier molecular flexibility index (Phi) is 2.46. The molecule has 0 nitrogen and oxygen atoms in total. The van der Waals surface area contributed by atoms with E-state index >= 15 is 0 Å². The monoisotopic (exact) mass is 270 g/mol. The highest BCUT2D eigenvalue weighted by Crippen LogP contribution is 2.97. The molecule has 0 aromatic rings. The van der Waals surface area contributed by atoms with Crippen LogP contribution in [0.3, 0.4) is 0 Å². The van der Waals surface area contributed by atoms with E-state index in [0.717, 1.165) is 11.8 Å². The molecule has 0 N–H and O–H groups in total. The molecular formula is C18H26Si. The molecule has 0 bridgehead atoms. The van der Waals surface area contributed by atoms with Crippen molar-refractivity contribution in [2.75, 3.05) is 0 Å². The molecule has 19 heavy (non-hydrogen) atoms. The smallest absolute Gasteiger partial charge is 0.129 e. The molecule has 0 aromatic carbocycles. The molecule has 102 valence electrons. The Hall–Kier alpha value is -0.663. The van der Waals surface area contributed by atoms with E-state index in [1.54, 1.807) is 0 Å². The average molecular weight is 270 g/mol. The zero-order valence-corrected chi connectivity index (χ0v) is 14.3. The molecule has 2 atom stereocenters. The lowest BCUT2D eigenvalue weighted by molar-refractivity contribution is 0.282. The van der Waals surface area contributed by atoms with Crippen LogP contribution < -0.4 is 0 Å². The fourth-order valence-electron chi connectivity index (χ4n) is 4.17. The van der Waals surface area contributed by atoms with Crippen LogP contribution in [-0.2, 0) is 0 Å². The molecular weight excluding hydrogens is 244 g/mol. The molecule has 0 spiro atoms. The first-order valence-corrected chi connectivity index (χ1v) is 11.2. The van der Waals surface area contributed by atoms with Gasteiger partial charge in [0.15, 0.2) is 0 Å². The number of hydrogen-bond acceptors (Lipinski definition) is 0. The molecule has 2 unspecified atom stereocenters. The van der Waals surface area contributed by atoms with Crippen LogP contribution >= 0.6 is 0 Å². The summed E-state index contributed by atoms with van der Waals surface area (Å²) in [6.45, 7) is 13.7. The van der Waals surface area contributed by atoms with Crippen molar-refractivity contribution in [1.29, 1.82) is 0 Å². The van der Waals surface area contributed by atoms with E-state index in [-0.39, 0.29) is 5.41 Å². The Morgan fingerprint density at radius 1 is 0.947 bits per heavy atom. The van der Waals surface area contributed by atoms with Gasteiger partial charge in [0.1, 0.15) is 8.07 Å². The van der Waals surface area contributed by atoms with Gasteiger partial charge in [0.05, 0.1) is 10.8 Å². The summed E-state index contributed by atoms with van der Waals surface area (Å²) in [5.74, 6) is 12.6. The Labute approximate surface area is 119 Å². The van der Waals surface area contributed by atoms with Crippen molar-refractivity contribution in [3.63, 3.8) is 0 Å². The average Bonchev–Trinajstić information content (AvgIpc) is 3.08. The molecule has 3 aliphatic carbocycles. The Balaban J connectivity index is 1.89. The lowest BCUT2D eigenvalue weighted by Gasteiger charge is -2.24. The molecule has 0 saturated heterocycles. The zero-order chi connectivity index (χ0) is 14.1. The van der Waals surface area contributed by atoms with E-state index < -0.39 is 8.07 Å². The van der Waals surface area contributed by atoms with Crippen LogP contribution in [0.15, 0.2) is 0 Å². The maximum atomic E-state index is 3.74. The molecule has 0 heterocycles. The van der Waals surface area contributed by atoms with Crippen LogP contribution in [0.25, 0.3) is 0 Å². The Morgan fingerprint density at radius 2 is 1.47 bits per heavy atom. The van der Waals surface area contributed by atoms with Crippen LogP contribution in [-0.4, -0.2) is 8.07 Å². The van der Waals surface area contributed by atoms with Gasteiger partial charge in [-0.05, 0) is 45.4 Å². The topological polar surface area (TPSA) is 0 Å². The molecule has 1 heteroatoms. The SMILES string of the molecule is CC(C)(C)C#CC12C3CCCC1C32C#C[Si](C)(C)C. The van der Waals surface area contributed by atoms with E-state index in [0.29, 0.717) is 10.8 Å². The lowest BCUT2D eigenvalue weighted by Crippen LogP contribution is -2.20. The van der Waals surface area contributed by atoms with Gasteiger partial charge in [-0.3, -0.25) is 0 Å². The van der Waals surface area contributed by atoms with E-state index in [1.807, 2.05) is 0 Å². The van der Waals surface area contributed by atoms with Gasteiger partial charge >= 0.3 is 0 Å². The fraction of sp³-hybridized carbons (Fsp3) is 0.778. The zero-order valence-electron chi connectivity index (χ0n) is 13.3. The minimum Gasteiger partial charge on any atom is -0.131 e. The maximum Gasteiger partial charge on any atom is 0.129 e. The molecule has 0 aromatic heterocycles. The largest absolute Gasteiger partial charge is 0.131 e. The summed E-state index contributed by atoms with van der Waals surface area (Å²) >= 11 is 0. The second-order valence-electron chi connectivity index (χ2n) is 8.77. The summed E-state index contributed by atoms with van der Waals surface area (Å²) in [6.07, 6.45) is 4.15. The summed E-state index contributed by atoms with van der Waals surface area (Å²) in [5.41, 5.74) is 4.46. The third-order valence-electron chi connectivity index (χ3n) is 4.99. The normalized spacial score (nSPS) is 42.2. The number of rotatable bonds is 0. The van der Waals surface area contributed by atoms with Crippen molar-refractivity contribution in [3.05, 3.63) is 0 Å². The van der Waals surface area contributed by atoms with Gasteiger partial charge in [0.2, 0.25) is 0 Å². The molecule has 3 aliphatic rings. The van der Waals surface area contributed by atoms with Gasteiger partial charge in [-0.25, -0.2) is 0 Å². The first-order chi connectivity index (χ1) is 8.64. The molecule has 3 fully saturated rings. The van der Waals surface area contributed by atoms with Crippen LogP contribution in [0.1, 0.15) is 40.0 Å². The van der Waals surface area contributed by atoms with Crippen molar-refractivity contribution in [1.82, 2.24) is 0 Å². The predicted molar refractivity (Wildman–Crippen MR) is 84.1 cm³/mol. The van der Waals surface area contributed by atoms with E-state index in [4.69, 9.17) is 0 Å². The molecule has 3 saturated carbocycles. The highest BCUT2D eigenvalue weighted by molar-refractivity contribution is 6.83. The van der Waals surface area contributed by atoms with Gasteiger partial charge in [-0.15, -0.1) is 11.5 Å². The van der Waals surface area contributed by atoms with Crippen LogP contribution in [0.2, 0.25) is 19.6 Å². The fourth-order valence-corrected chi connectivity index (χ4v) is 4.75. The Bertz CT molecular complexity index is 475. The summed E-state index contributed by atoms with van der Waals surface area (Å²) in [7, 11) is -1.25. The van der Waals surface area contributed by atoms with E-state index in [2.05, 4.69) is 63.7 Å². The van der Waals surface area contributed by atoms with Gasteiger partial charge in [-0.1, -0.05) is 37.9 Å². The third-order valence-corrected chi connectivity index (χ3v) is 5.87. The van der Waals surface area contributed by atoms with Crippen molar-refractivity contribution in [3.8, 4) is 23.3 Å². The molecule has 3 rings (SSSR count). The highest BCUT2D eigenvalue weighted by atomic mass is 28.3. The maximum absolute atomic E-state index is 3.74. The van der Waals surface area contributed by atoms with Gasteiger partial charge in [0, 0.05) is 5.41 Å². The predicted octanol–water partition coefficient (Wildman–Crippen LogP) is 4.33. The van der Waals surface area contributed by atoms with Gasteiger partial charge < -0.3 is 0 Å². The number of hydrogen-bond donors (Lipinski definition) is 0. The Morgan fingerprint density at radius 3 is 1.95 bits per heavy atom. The second-order valence-corrected chi connectivity index (χ2v) is 13.5. The molecule has 0 aliphatic heterocycles. The summed E-state index contributed by atoms with van der Waals surface area (Å²) < 4.78 is 0. The van der Waals surface area contributed by atoms with Crippen molar-refractivity contribution < 1.29 is 0 Å². The van der Waals surface area contributed by atoms with Gasteiger partial charge in [-0.2, -0.15) is 0 Å². The minimum absolute atomic E-state index is 0.131. The standard InChI is InChI=1S/C18H26Si/c1-16(2,3)10-11-17-14-8-7-9-15(17)18(14,17)12-13-19(4,5)6/h14-15H,7-9H2,1-6H3. The van der Waals surface area contributed by atoms with Crippen LogP contribution in [0, 0.1) is 51.4 Å². The third kappa shape index (κ3) is 1.75. The first-order valence-electron chi connectivity index (χ1n) is 7.72. The quantitative estimate of drug-likeness (QED) is 0.454. The lowest BCUT2D eigenvalue weighted by atomic mass is 9.79. The minimum atomic E-state index is -1.25. The first kappa shape index (κ1) is 13.3. The highest BCUT2D eigenvalue weighted by Gasteiger charge is 2.97. The van der Waals surface area contributed by atoms with E-state index in [1.165, 1.54) is 19.3 Å². The van der Waals surface area contributed by atoms with E-state index in [9.17, 15) is 0 Å². The summed E-state index contributed by atoms with van der Waals surface area (Å²) in [5, 5.41) is 0. The van der Waals surface area contributed by atoms with Crippen molar-refractivity contribution >= 4 is 8.07 Å². The summed E-state index contributed by atoms with van der Waals surface area (Å²) in [4.78, 5) is 0. The van der Waals surface area contributed by atoms with Crippen LogP contribution in [0.4, 0.5) is 0 Å². The van der Waals surface area contributed by atoms with Crippen LogP contribution in [0.5, 0.6) is 0 Å². The van der Waals surface area contributed by atoms with Crippen molar-refractivity contribution in [2.45, 2.75) is 59.7 Å². The van der Waals surface area contributed by atoms with Gasteiger partial charge in [0.25, 0.3) is 0 Å². The second kappa shape index (κ2) is 3.50. The van der Waals surface area contributed by atoms with Crippen molar-refractivity contribution in [2.24, 2.45) is 28.1 Å². The molecule has 0 radical (unpaired) electrons. The molecule has 0 amide bonds.